The quantitative estimate of drug-likeness (QED) is 0.769. The standard InChI is InChI=1S/C16H25N3O4S/c1-18(2)24(21,22)15-7-5-14(6-8-15)23-11-10-19-9-3-4-13(12-19)16(17)20/h5-8,13H,3-4,9-12H2,1-2H3,(H2,17,20). The lowest BCUT2D eigenvalue weighted by Crippen LogP contribution is -2.42. The number of primary amides is 1. The van der Waals surface area contributed by atoms with E-state index in [4.69, 9.17) is 10.5 Å². The van der Waals surface area contributed by atoms with E-state index < -0.39 is 10.0 Å². The van der Waals surface area contributed by atoms with Gasteiger partial charge in [-0.1, -0.05) is 0 Å². The average Bonchev–Trinajstić information content (AvgIpc) is 2.55. The van der Waals surface area contributed by atoms with Crippen LogP contribution in [0.4, 0.5) is 0 Å². The normalized spacial score (nSPS) is 19.4. The lowest BCUT2D eigenvalue weighted by atomic mass is 9.98. The van der Waals surface area contributed by atoms with Gasteiger partial charge < -0.3 is 10.5 Å². The highest BCUT2D eigenvalue weighted by molar-refractivity contribution is 7.89. The minimum Gasteiger partial charge on any atom is -0.492 e. The Hall–Kier alpha value is -1.64. The van der Waals surface area contributed by atoms with E-state index in [1.165, 1.54) is 30.5 Å². The molecule has 0 bridgehead atoms. The second-order valence-corrected chi connectivity index (χ2v) is 8.30. The first kappa shape index (κ1) is 18.7. The van der Waals surface area contributed by atoms with Crippen LogP contribution in [-0.4, -0.2) is 63.9 Å². The molecular formula is C16H25N3O4S. The number of nitrogens with two attached hydrogens (primary N) is 1. The number of sulfonamides is 1. The van der Waals surface area contributed by atoms with Crippen LogP contribution < -0.4 is 10.5 Å². The van der Waals surface area contributed by atoms with Gasteiger partial charge in [0.05, 0.1) is 10.8 Å². The third-order valence-corrected chi connectivity index (χ3v) is 6.02. The number of likely N-dealkylation sites (tertiary alicyclic amines) is 1. The third-order valence-electron chi connectivity index (χ3n) is 4.19. The fourth-order valence-electron chi connectivity index (χ4n) is 2.70. The zero-order valence-electron chi connectivity index (χ0n) is 14.1. The molecule has 24 heavy (non-hydrogen) atoms. The van der Waals surface area contributed by atoms with Crippen molar-refractivity contribution in [3.63, 3.8) is 0 Å². The first-order valence-corrected chi connectivity index (χ1v) is 9.42. The number of nitrogens with zero attached hydrogens (tertiary/aromatic N) is 2. The van der Waals surface area contributed by atoms with Crippen molar-refractivity contribution in [2.45, 2.75) is 17.7 Å². The Labute approximate surface area is 143 Å². The number of amides is 1. The maximum atomic E-state index is 12.0. The molecule has 1 unspecified atom stereocenters. The van der Waals surface area contributed by atoms with E-state index >= 15 is 0 Å². The van der Waals surface area contributed by atoms with Gasteiger partial charge in [0.25, 0.3) is 0 Å². The molecule has 0 saturated carbocycles. The number of hydrogen-bond donors (Lipinski definition) is 1. The van der Waals surface area contributed by atoms with Gasteiger partial charge in [-0.25, -0.2) is 12.7 Å². The van der Waals surface area contributed by atoms with Crippen molar-refractivity contribution in [1.29, 1.82) is 0 Å². The minimum atomic E-state index is -3.42. The Morgan fingerprint density at radius 1 is 1.33 bits per heavy atom. The summed E-state index contributed by atoms with van der Waals surface area (Å²) >= 11 is 0. The summed E-state index contributed by atoms with van der Waals surface area (Å²) < 4.78 is 30.8. The molecule has 0 aliphatic carbocycles. The first-order valence-electron chi connectivity index (χ1n) is 7.98. The summed E-state index contributed by atoms with van der Waals surface area (Å²) in [5.41, 5.74) is 5.37. The summed E-state index contributed by atoms with van der Waals surface area (Å²) in [5, 5.41) is 0. The summed E-state index contributed by atoms with van der Waals surface area (Å²) in [5.74, 6) is 0.309. The van der Waals surface area contributed by atoms with Crippen LogP contribution in [0.25, 0.3) is 0 Å². The van der Waals surface area contributed by atoms with Crippen molar-refractivity contribution in [3.05, 3.63) is 24.3 Å². The van der Waals surface area contributed by atoms with Gasteiger partial charge in [-0.3, -0.25) is 9.69 Å². The van der Waals surface area contributed by atoms with Gasteiger partial charge in [0, 0.05) is 27.2 Å². The van der Waals surface area contributed by atoms with E-state index in [0.717, 1.165) is 19.4 Å². The number of rotatable bonds is 7. The van der Waals surface area contributed by atoms with Crippen LogP contribution in [0.2, 0.25) is 0 Å². The van der Waals surface area contributed by atoms with Crippen LogP contribution in [-0.2, 0) is 14.8 Å². The molecular weight excluding hydrogens is 330 g/mol. The van der Waals surface area contributed by atoms with E-state index in [2.05, 4.69) is 4.90 Å². The fourth-order valence-corrected chi connectivity index (χ4v) is 3.60. The van der Waals surface area contributed by atoms with Gasteiger partial charge in [-0.2, -0.15) is 0 Å². The van der Waals surface area contributed by atoms with Crippen molar-refractivity contribution in [2.75, 3.05) is 40.3 Å². The highest BCUT2D eigenvalue weighted by Gasteiger charge is 2.23. The van der Waals surface area contributed by atoms with Crippen LogP contribution in [0.3, 0.4) is 0 Å². The molecule has 0 spiro atoms. The van der Waals surface area contributed by atoms with Crippen LogP contribution in [0, 0.1) is 5.92 Å². The lowest BCUT2D eigenvalue weighted by molar-refractivity contribution is -0.123. The largest absolute Gasteiger partial charge is 0.492 e. The van der Waals surface area contributed by atoms with Gasteiger partial charge in [0.1, 0.15) is 12.4 Å². The summed E-state index contributed by atoms with van der Waals surface area (Å²) in [7, 11) is -0.424. The predicted molar refractivity (Wildman–Crippen MR) is 91.2 cm³/mol. The van der Waals surface area contributed by atoms with E-state index in [0.29, 0.717) is 25.4 Å². The van der Waals surface area contributed by atoms with Crippen molar-refractivity contribution in [3.8, 4) is 5.75 Å². The fraction of sp³-hybridized carbons (Fsp3) is 0.562. The monoisotopic (exact) mass is 355 g/mol. The van der Waals surface area contributed by atoms with Crippen LogP contribution in [0.1, 0.15) is 12.8 Å². The molecule has 0 radical (unpaired) electrons. The highest BCUT2D eigenvalue weighted by atomic mass is 32.2. The minimum absolute atomic E-state index is 0.0747. The number of ether oxygens (including phenoxy) is 1. The number of piperidine rings is 1. The Morgan fingerprint density at radius 3 is 2.58 bits per heavy atom. The average molecular weight is 355 g/mol. The summed E-state index contributed by atoms with van der Waals surface area (Å²) in [4.78, 5) is 13.7. The van der Waals surface area contributed by atoms with Gasteiger partial charge in [-0.15, -0.1) is 0 Å². The molecule has 0 aromatic heterocycles. The van der Waals surface area contributed by atoms with Crippen LogP contribution >= 0.6 is 0 Å². The Balaban J connectivity index is 1.84. The zero-order chi connectivity index (χ0) is 17.7. The van der Waals surface area contributed by atoms with Crippen molar-refractivity contribution >= 4 is 15.9 Å². The molecule has 2 N–H and O–H groups in total. The molecule has 1 aromatic carbocycles. The molecule has 1 saturated heterocycles. The number of carbonyl (C=O) groups excluding carboxylic acids is 1. The maximum absolute atomic E-state index is 12.0. The second-order valence-electron chi connectivity index (χ2n) is 6.15. The molecule has 8 heteroatoms. The Kier molecular flexibility index (Phi) is 6.20. The van der Waals surface area contributed by atoms with E-state index in [-0.39, 0.29) is 16.7 Å². The van der Waals surface area contributed by atoms with Gasteiger partial charge in [0.15, 0.2) is 0 Å². The molecule has 1 amide bonds. The first-order chi connectivity index (χ1) is 11.3. The van der Waals surface area contributed by atoms with Crippen LogP contribution in [0.15, 0.2) is 29.2 Å². The molecule has 7 nitrogen and oxygen atoms in total. The molecule has 2 rings (SSSR count). The van der Waals surface area contributed by atoms with Crippen molar-refractivity contribution in [2.24, 2.45) is 11.7 Å². The molecule has 1 aliphatic rings. The Morgan fingerprint density at radius 2 is 2.00 bits per heavy atom. The molecule has 1 aliphatic heterocycles. The second kappa shape index (κ2) is 7.96. The van der Waals surface area contributed by atoms with Crippen molar-refractivity contribution < 1.29 is 17.9 Å². The predicted octanol–water partition coefficient (Wildman–Crippen LogP) is 0.513. The highest BCUT2D eigenvalue weighted by Crippen LogP contribution is 2.19. The maximum Gasteiger partial charge on any atom is 0.242 e. The molecule has 1 fully saturated rings. The summed E-state index contributed by atoms with van der Waals surface area (Å²) in [6.45, 7) is 2.80. The third kappa shape index (κ3) is 4.68. The number of benzene rings is 1. The summed E-state index contributed by atoms with van der Waals surface area (Å²) in [6, 6.07) is 6.38. The smallest absolute Gasteiger partial charge is 0.242 e. The summed E-state index contributed by atoms with van der Waals surface area (Å²) in [6.07, 6.45) is 1.82. The van der Waals surface area contributed by atoms with Gasteiger partial charge >= 0.3 is 0 Å². The Bertz CT molecular complexity index is 658. The van der Waals surface area contributed by atoms with Crippen molar-refractivity contribution in [1.82, 2.24) is 9.21 Å². The topological polar surface area (TPSA) is 92.9 Å². The number of hydrogen-bond acceptors (Lipinski definition) is 5. The molecule has 1 aromatic rings. The van der Waals surface area contributed by atoms with E-state index in [1.54, 1.807) is 12.1 Å². The molecule has 1 heterocycles. The van der Waals surface area contributed by atoms with E-state index in [9.17, 15) is 13.2 Å². The SMILES string of the molecule is CN(C)S(=O)(=O)c1ccc(OCCN2CCCC(C(N)=O)C2)cc1. The van der Waals surface area contributed by atoms with E-state index in [1.807, 2.05) is 0 Å². The number of carbonyl (C=O) groups is 1. The molecule has 134 valence electrons. The zero-order valence-corrected chi connectivity index (χ0v) is 15.0. The van der Waals surface area contributed by atoms with Gasteiger partial charge in [0.2, 0.25) is 15.9 Å². The lowest BCUT2D eigenvalue weighted by Gasteiger charge is -2.30. The van der Waals surface area contributed by atoms with Gasteiger partial charge in [-0.05, 0) is 43.7 Å². The molecule has 1 atom stereocenters. The van der Waals surface area contributed by atoms with Crippen LogP contribution in [0.5, 0.6) is 5.75 Å².